The maximum Gasteiger partial charge on any atom is 0.208 e. The first kappa shape index (κ1) is 9.64. The number of aromatic nitrogens is 1. The largest absolute Gasteiger partial charge is 0.445 e. The summed E-state index contributed by atoms with van der Waals surface area (Å²) in [5, 5.41) is 12.6. The zero-order valence-electron chi connectivity index (χ0n) is 8.06. The molecule has 1 aliphatic heterocycles. The van der Waals surface area contributed by atoms with Crippen LogP contribution in [0.1, 0.15) is 11.7 Å². The average Bonchev–Trinajstić information content (AvgIpc) is 2.72. The molecule has 1 aromatic heterocycles. The van der Waals surface area contributed by atoms with Crippen molar-refractivity contribution in [2.45, 2.75) is 25.6 Å². The molecule has 78 valence electrons. The van der Waals surface area contributed by atoms with E-state index in [0.717, 1.165) is 5.76 Å². The molecule has 1 aromatic rings. The summed E-state index contributed by atoms with van der Waals surface area (Å²) in [5.74, 6) is 1.44. The molecule has 0 saturated carbocycles. The SMILES string of the molecule is Cc1cnc(CNC2COCC2O)o1. The van der Waals surface area contributed by atoms with E-state index in [-0.39, 0.29) is 6.04 Å². The summed E-state index contributed by atoms with van der Waals surface area (Å²) in [5.41, 5.74) is 0. The third kappa shape index (κ3) is 2.12. The number of aliphatic hydroxyl groups is 1. The number of hydrogen-bond donors (Lipinski definition) is 2. The predicted octanol–water partition coefficient (Wildman–Crippen LogP) is -0.168. The van der Waals surface area contributed by atoms with E-state index >= 15 is 0 Å². The first-order chi connectivity index (χ1) is 6.75. The van der Waals surface area contributed by atoms with Crippen molar-refractivity contribution in [3.63, 3.8) is 0 Å². The third-order valence-electron chi connectivity index (χ3n) is 2.24. The molecule has 0 amide bonds. The van der Waals surface area contributed by atoms with Crippen LogP contribution in [0, 0.1) is 6.92 Å². The standard InChI is InChI=1S/C9H14N2O3/c1-6-2-11-9(14-6)3-10-7-4-13-5-8(7)12/h2,7-8,10,12H,3-5H2,1H3. The Labute approximate surface area is 82.1 Å². The maximum absolute atomic E-state index is 9.43. The molecule has 2 unspecified atom stereocenters. The second kappa shape index (κ2) is 4.08. The van der Waals surface area contributed by atoms with Gasteiger partial charge in [0, 0.05) is 0 Å². The van der Waals surface area contributed by atoms with E-state index in [2.05, 4.69) is 10.3 Å². The molecule has 2 N–H and O–H groups in total. The van der Waals surface area contributed by atoms with Crippen molar-refractivity contribution in [2.75, 3.05) is 13.2 Å². The fraction of sp³-hybridized carbons (Fsp3) is 0.667. The Balaban J connectivity index is 1.82. The Kier molecular flexibility index (Phi) is 2.81. The summed E-state index contributed by atoms with van der Waals surface area (Å²) in [4.78, 5) is 4.05. The Hall–Kier alpha value is -0.910. The molecule has 1 aliphatic rings. The summed E-state index contributed by atoms with van der Waals surface area (Å²) in [6, 6.07) is -0.0118. The highest BCUT2D eigenvalue weighted by Crippen LogP contribution is 2.07. The van der Waals surface area contributed by atoms with E-state index in [4.69, 9.17) is 9.15 Å². The van der Waals surface area contributed by atoms with Gasteiger partial charge in [0.15, 0.2) is 0 Å². The van der Waals surface area contributed by atoms with Gasteiger partial charge in [-0.05, 0) is 6.92 Å². The Bertz CT molecular complexity index is 300. The topological polar surface area (TPSA) is 67.5 Å². The highest BCUT2D eigenvalue weighted by Gasteiger charge is 2.25. The van der Waals surface area contributed by atoms with Crippen LogP contribution in [-0.4, -0.2) is 35.5 Å². The highest BCUT2D eigenvalue weighted by molar-refractivity contribution is 4.91. The second-order valence-corrected chi connectivity index (χ2v) is 3.46. The molecule has 0 bridgehead atoms. The van der Waals surface area contributed by atoms with Gasteiger partial charge in [0.1, 0.15) is 5.76 Å². The van der Waals surface area contributed by atoms with Gasteiger partial charge in [-0.2, -0.15) is 0 Å². The summed E-state index contributed by atoms with van der Waals surface area (Å²) >= 11 is 0. The van der Waals surface area contributed by atoms with Crippen LogP contribution in [0.15, 0.2) is 10.6 Å². The van der Waals surface area contributed by atoms with Gasteiger partial charge in [0.25, 0.3) is 0 Å². The summed E-state index contributed by atoms with van der Waals surface area (Å²) < 4.78 is 10.4. The van der Waals surface area contributed by atoms with Crippen molar-refractivity contribution in [3.8, 4) is 0 Å². The molecule has 0 radical (unpaired) electrons. The maximum atomic E-state index is 9.43. The lowest BCUT2D eigenvalue weighted by atomic mass is 10.2. The molecular weight excluding hydrogens is 184 g/mol. The highest BCUT2D eigenvalue weighted by atomic mass is 16.5. The van der Waals surface area contributed by atoms with Crippen LogP contribution in [0.25, 0.3) is 0 Å². The molecular formula is C9H14N2O3. The molecule has 1 fully saturated rings. The zero-order valence-corrected chi connectivity index (χ0v) is 8.06. The smallest absolute Gasteiger partial charge is 0.208 e. The monoisotopic (exact) mass is 198 g/mol. The molecule has 2 rings (SSSR count). The van der Waals surface area contributed by atoms with Crippen LogP contribution in [0.4, 0.5) is 0 Å². The molecule has 5 nitrogen and oxygen atoms in total. The van der Waals surface area contributed by atoms with Crippen LogP contribution >= 0.6 is 0 Å². The van der Waals surface area contributed by atoms with Gasteiger partial charge in [-0.3, -0.25) is 0 Å². The van der Waals surface area contributed by atoms with Crippen molar-refractivity contribution in [1.29, 1.82) is 0 Å². The molecule has 5 heteroatoms. The minimum absolute atomic E-state index is 0.0118. The van der Waals surface area contributed by atoms with Crippen molar-refractivity contribution in [3.05, 3.63) is 17.8 Å². The molecule has 1 saturated heterocycles. The zero-order chi connectivity index (χ0) is 9.97. The van der Waals surface area contributed by atoms with Gasteiger partial charge < -0.3 is 19.6 Å². The number of nitrogens with one attached hydrogen (secondary N) is 1. The number of nitrogens with zero attached hydrogens (tertiary/aromatic N) is 1. The summed E-state index contributed by atoms with van der Waals surface area (Å²) in [7, 11) is 0. The predicted molar refractivity (Wildman–Crippen MR) is 48.7 cm³/mol. The van der Waals surface area contributed by atoms with Gasteiger partial charge in [0.05, 0.1) is 38.1 Å². The van der Waals surface area contributed by atoms with Gasteiger partial charge in [-0.15, -0.1) is 0 Å². The van der Waals surface area contributed by atoms with Crippen LogP contribution in [0.5, 0.6) is 0 Å². The van der Waals surface area contributed by atoms with Crippen LogP contribution in [0.2, 0.25) is 0 Å². The first-order valence-electron chi connectivity index (χ1n) is 4.66. The Morgan fingerprint density at radius 3 is 3.07 bits per heavy atom. The lowest BCUT2D eigenvalue weighted by molar-refractivity contribution is 0.122. The number of aryl methyl sites for hydroxylation is 1. The van der Waals surface area contributed by atoms with Crippen molar-refractivity contribution < 1.29 is 14.3 Å². The molecule has 2 heterocycles. The van der Waals surface area contributed by atoms with E-state index in [1.807, 2.05) is 6.92 Å². The minimum atomic E-state index is -0.425. The van der Waals surface area contributed by atoms with Crippen molar-refractivity contribution >= 4 is 0 Å². The van der Waals surface area contributed by atoms with E-state index in [1.165, 1.54) is 0 Å². The molecule has 2 atom stereocenters. The quantitative estimate of drug-likeness (QED) is 0.706. The Morgan fingerprint density at radius 1 is 1.64 bits per heavy atom. The molecule has 0 aliphatic carbocycles. The molecule has 14 heavy (non-hydrogen) atoms. The fourth-order valence-electron chi connectivity index (χ4n) is 1.44. The van der Waals surface area contributed by atoms with Crippen LogP contribution in [-0.2, 0) is 11.3 Å². The normalized spacial score (nSPS) is 27.0. The lowest BCUT2D eigenvalue weighted by Crippen LogP contribution is -2.38. The van der Waals surface area contributed by atoms with Crippen LogP contribution in [0.3, 0.4) is 0 Å². The minimum Gasteiger partial charge on any atom is -0.445 e. The number of aliphatic hydroxyl groups excluding tert-OH is 1. The van der Waals surface area contributed by atoms with Gasteiger partial charge in [-0.1, -0.05) is 0 Å². The number of rotatable bonds is 3. The number of hydrogen-bond acceptors (Lipinski definition) is 5. The Morgan fingerprint density at radius 2 is 2.50 bits per heavy atom. The van der Waals surface area contributed by atoms with Crippen molar-refractivity contribution in [2.24, 2.45) is 0 Å². The lowest BCUT2D eigenvalue weighted by Gasteiger charge is -2.12. The first-order valence-corrected chi connectivity index (χ1v) is 4.66. The van der Waals surface area contributed by atoms with Crippen molar-refractivity contribution in [1.82, 2.24) is 10.3 Å². The fourth-order valence-corrected chi connectivity index (χ4v) is 1.44. The second-order valence-electron chi connectivity index (χ2n) is 3.46. The van der Waals surface area contributed by atoms with E-state index in [1.54, 1.807) is 6.20 Å². The third-order valence-corrected chi connectivity index (χ3v) is 2.24. The number of oxazole rings is 1. The van der Waals surface area contributed by atoms with Gasteiger partial charge >= 0.3 is 0 Å². The van der Waals surface area contributed by atoms with Crippen LogP contribution < -0.4 is 5.32 Å². The van der Waals surface area contributed by atoms with E-state index < -0.39 is 6.10 Å². The van der Waals surface area contributed by atoms with E-state index in [9.17, 15) is 5.11 Å². The number of ether oxygens (including phenoxy) is 1. The van der Waals surface area contributed by atoms with Gasteiger partial charge in [-0.25, -0.2) is 4.98 Å². The molecule has 0 aromatic carbocycles. The van der Waals surface area contributed by atoms with E-state index in [0.29, 0.717) is 25.6 Å². The molecule has 0 spiro atoms. The summed E-state index contributed by atoms with van der Waals surface area (Å²) in [6.07, 6.45) is 1.25. The summed E-state index contributed by atoms with van der Waals surface area (Å²) in [6.45, 7) is 3.33. The van der Waals surface area contributed by atoms with Gasteiger partial charge in [0.2, 0.25) is 5.89 Å². The average molecular weight is 198 g/mol.